The van der Waals surface area contributed by atoms with Gasteiger partial charge in [0, 0.05) is 18.5 Å². The topological polar surface area (TPSA) is 101 Å². The SMILES string of the molecule is CCN(Cc1noc(C2CCC2)n1)C(=O)c1cc(-c2ccc(C)o2)[nH]n1. The molecular formula is C18H21N5O3. The molecule has 1 fully saturated rings. The number of H-pyrrole nitrogens is 1. The lowest BCUT2D eigenvalue weighted by Gasteiger charge is -2.20. The molecule has 1 saturated carbocycles. The minimum absolute atomic E-state index is 0.187. The van der Waals surface area contributed by atoms with E-state index in [9.17, 15) is 4.79 Å². The summed E-state index contributed by atoms with van der Waals surface area (Å²) in [4.78, 5) is 18.8. The first-order valence-electron chi connectivity index (χ1n) is 8.88. The molecule has 3 aromatic heterocycles. The minimum Gasteiger partial charge on any atom is -0.460 e. The predicted octanol–water partition coefficient (Wildman–Crippen LogP) is 3.29. The predicted molar refractivity (Wildman–Crippen MR) is 92.3 cm³/mol. The van der Waals surface area contributed by atoms with Crippen LogP contribution in [0.4, 0.5) is 0 Å². The van der Waals surface area contributed by atoms with E-state index in [2.05, 4.69) is 20.3 Å². The van der Waals surface area contributed by atoms with Crippen LogP contribution in [-0.4, -0.2) is 37.7 Å². The lowest BCUT2D eigenvalue weighted by Crippen LogP contribution is -2.31. The van der Waals surface area contributed by atoms with Gasteiger partial charge in [-0.2, -0.15) is 10.1 Å². The van der Waals surface area contributed by atoms with E-state index >= 15 is 0 Å². The number of aromatic nitrogens is 4. The Labute approximate surface area is 150 Å². The summed E-state index contributed by atoms with van der Waals surface area (Å²) < 4.78 is 10.9. The van der Waals surface area contributed by atoms with Crippen LogP contribution in [-0.2, 0) is 6.54 Å². The fourth-order valence-corrected chi connectivity index (χ4v) is 2.95. The summed E-state index contributed by atoms with van der Waals surface area (Å²) in [7, 11) is 0. The van der Waals surface area contributed by atoms with Gasteiger partial charge in [-0.05, 0) is 38.8 Å². The highest BCUT2D eigenvalue weighted by Gasteiger charge is 2.26. The molecule has 0 spiro atoms. The van der Waals surface area contributed by atoms with Crippen LogP contribution in [0.2, 0.25) is 0 Å². The van der Waals surface area contributed by atoms with E-state index in [1.165, 1.54) is 6.42 Å². The highest BCUT2D eigenvalue weighted by Crippen LogP contribution is 2.35. The molecule has 4 rings (SSSR count). The number of aromatic amines is 1. The molecule has 0 atom stereocenters. The molecule has 1 N–H and O–H groups in total. The molecule has 3 heterocycles. The van der Waals surface area contributed by atoms with E-state index in [1.807, 2.05) is 26.0 Å². The Bertz CT molecular complexity index is 905. The van der Waals surface area contributed by atoms with Crippen LogP contribution in [0.15, 0.2) is 27.1 Å². The summed E-state index contributed by atoms with van der Waals surface area (Å²) in [6.07, 6.45) is 3.40. The lowest BCUT2D eigenvalue weighted by atomic mass is 9.85. The molecule has 0 radical (unpaired) electrons. The van der Waals surface area contributed by atoms with Crippen LogP contribution in [0.5, 0.6) is 0 Å². The minimum atomic E-state index is -0.187. The van der Waals surface area contributed by atoms with Crippen molar-refractivity contribution < 1.29 is 13.7 Å². The second-order valence-corrected chi connectivity index (χ2v) is 6.57. The lowest BCUT2D eigenvalue weighted by molar-refractivity contribution is 0.0741. The summed E-state index contributed by atoms with van der Waals surface area (Å²) in [5.74, 6) is 2.86. The molecule has 0 aromatic carbocycles. The molecule has 8 nitrogen and oxygen atoms in total. The molecule has 8 heteroatoms. The fraction of sp³-hybridized carbons (Fsp3) is 0.444. The molecule has 3 aromatic rings. The van der Waals surface area contributed by atoms with Gasteiger partial charge in [-0.25, -0.2) is 0 Å². The van der Waals surface area contributed by atoms with Crippen molar-refractivity contribution in [3.63, 3.8) is 0 Å². The largest absolute Gasteiger partial charge is 0.460 e. The van der Waals surface area contributed by atoms with Gasteiger partial charge >= 0.3 is 0 Å². The van der Waals surface area contributed by atoms with Gasteiger partial charge in [0.15, 0.2) is 17.3 Å². The summed E-state index contributed by atoms with van der Waals surface area (Å²) in [6.45, 7) is 4.60. The number of hydrogen-bond donors (Lipinski definition) is 1. The molecule has 26 heavy (non-hydrogen) atoms. The van der Waals surface area contributed by atoms with Crippen molar-refractivity contribution in [1.82, 2.24) is 25.2 Å². The maximum absolute atomic E-state index is 12.8. The molecule has 0 bridgehead atoms. The van der Waals surface area contributed by atoms with Crippen molar-refractivity contribution in [2.24, 2.45) is 0 Å². The number of furan rings is 1. The number of aryl methyl sites for hydroxylation is 1. The molecule has 1 amide bonds. The quantitative estimate of drug-likeness (QED) is 0.728. The molecule has 0 saturated heterocycles. The Morgan fingerprint density at radius 2 is 2.23 bits per heavy atom. The third-order valence-corrected chi connectivity index (χ3v) is 4.74. The van der Waals surface area contributed by atoms with Crippen molar-refractivity contribution in [2.75, 3.05) is 6.54 Å². The van der Waals surface area contributed by atoms with E-state index in [0.717, 1.165) is 18.6 Å². The molecular weight excluding hydrogens is 334 g/mol. The number of nitrogens with one attached hydrogen (secondary N) is 1. The Kier molecular flexibility index (Phi) is 4.32. The van der Waals surface area contributed by atoms with Crippen molar-refractivity contribution in [2.45, 2.75) is 45.6 Å². The first-order valence-corrected chi connectivity index (χ1v) is 8.88. The van der Waals surface area contributed by atoms with E-state index in [-0.39, 0.29) is 5.91 Å². The van der Waals surface area contributed by atoms with Crippen molar-refractivity contribution in [3.8, 4) is 11.5 Å². The van der Waals surface area contributed by atoms with Crippen LogP contribution in [0.1, 0.15) is 60.1 Å². The van der Waals surface area contributed by atoms with Gasteiger partial charge in [-0.15, -0.1) is 0 Å². The van der Waals surface area contributed by atoms with Gasteiger partial charge in [0.1, 0.15) is 11.5 Å². The number of rotatable bonds is 6. The van der Waals surface area contributed by atoms with Crippen LogP contribution >= 0.6 is 0 Å². The standard InChI is InChI=1S/C18H21N5O3/c1-3-23(10-16-19-17(26-22-16)12-5-4-6-12)18(24)14-9-13(20-21-14)15-8-7-11(2)25-15/h7-9,12H,3-6,10H2,1-2H3,(H,20,21). The van der Waals surface area contributed by atoms with Crippen LogP contribution < -0.4 is 0 Å². The zero-order valence-electron chi connectivity index (χ0n) is 14.9. The van der Waals surface area contributed by atoms with Gasteiger partial charge in [0.05, 0.1) is 6.54 Å². The maximum atomic E-state index is 12.8. The van der Waals surface area contributed by atoms with E-state index in [0.29, 0.717) is 47.9 Å². The van der Waals surface area contributed by atoms with Crippen molar-refractivity contribution in [1.29, 1.82) is 0 Å². The first-order chi connectivity index (χ1) is 12.6. The summed E-state index contributed by atoms with van der Waals surface area (Å²) in [6, 6.07) is 5.40. The number of nitrogens with zero attached hydrogens (tertiary/aromatic N) is 4. The zero-order chi connectivity index (χ0) is 18.1. The third kappa shape index (κ3) is 3.14. The van der Waals surface area contributed by atoms with E-state index in [1.54, 1.807) is 11.0 Å². The second kappa shape index (κ2) is 6.78. The average molecular weight is 355 g/mol. The Hall–Kier alpha value is -2.90. The molecule has 1 aliphatic rings. The second-order valence-electron chi connectivity index (χ2n) is 6.57. The molecule has 1 aliphatic carbocycles. The van der Waals surface area contributed by atoms with E-state index in [4.69, 9.17) is 8.94 Å². The number of carbonyl (C=O) groups excluding carboxylic acids is 1. The highest BCUT2D eigenvalue weighted by molar-refractivity contribution is 5.93. The first kappa shape index (κ1) is 16.6. The Morgan fingerprint density at radius 3 is 2.88 bits per heavy atom. The fourth-order valence-electron chi connectivity index (χ4n) is 2.95. The smallest absolute Gasteiger partial charge is 0.274 e. The molecule has 136 valence electrons. The number of hydrogen-bond acceptors (Lipinski definition) is 6. The summed E-state index contributed by atoms with van der Waals surface area (Å²) >= 11 is 0. The van der Waals surface area contributed by atoms with Crippen LogP contribution in [0.25, 0.3) is 11.5 Å². The Morgan fingerprint density at radius 1 is 1.38 bits per heavy atom. The van der Waals surface area contributed by atoms with E-state index < -0.39 is 0 Å². The van der Waals surface area contributed by atoms with Gasteiger partial charge in [0.2, 0.25) is 5.89 Å². The monoisotopic (exact) mass is 355 g/mol. The maximum Gasteiger partial charge on any atom is 0.274 e. The van der Waals surface area contributed by atoms with Crippen LogP contribution in [0.3, 0.4) is 0 Å². The Balaban J connectivity index is 1.46. The van der Waals surface area contributed by atoms with Gasteiger partial charge in [-0.1, -0.05) is 11.6 Å². The van der Waals surface area contributed by atoms with Crippen molar-refractivity contribution >= 4 is 5.91 Å². The highest BCUT2D eigenvalue weighted by atomic mass is 16.5. The number of carbonyl (C=O) groups is 1. The van der Waals surface area contributed by atoms with Gasteiger partial charge in [-0.3, -0.25) is 9.89 Å². The normalized spacial score (nSPS) is 14.4. The summed E-state index contributed by atoms with van der Waals surface area (Å²) in [5.41, 5.74) is 1.00. The average Bonchev–Trinajstić information content (AvgIpc) is 3.31. The molecule has 0 aliphatic heterocycles. The zero-order valence-corrected chi connectivity index (χ0v) is 14.9. The molecule has 0 unspecified atom stereocenters. The number of amides is 1. The van der Waals surface area contributed by atoms with Crippen LogP contribution in [0, 0.1) is 6.92 Å². The van der Waals surface area contributed by atoms with Gasteiger partial charge < -0.3 is 13.8 Å². The van der Waals surface area contributed by atoms with Crippen molar-refractivity contribution in [3.05, 3.63) is 41.4 Å². The third-order valence-electron chi connectivity index (χ3n) is 4.74. The summed E-state index contributed by atoms with van der Waals surface area (Å²) in [5, 5.41) is 11.0. The van der Waals surface area contributed by atoms with Gasteiger partial charge in [0.25, 0.3) is 5.91 Å².